The summed E-state index contributed by atoms with van der Waals surface area (Å²) in [6, 6.07) is 8.13. The van der Waals surface area contributed by atoms with Gasteiger partial charge < -0.3 is 10.2 Å². The van der Waals surface area contributed by atoms with Crippen LogP contribution in [0.15, 0.2) is 34.1 Å². The van der Waals surface area contributed by atoms with Crippen LogP contribution in [-0.4, -0.2) is 19.1 Å². The van der Waals surface area contributed by atoms with Crippen LogP contribution in [0.4, 0.5) is 11.6 Å². The van der Waals surface area contributed by atoms with Crippen molar-refractivity contribution in [1.29, 1.82) is 0 Å². The molecule has 0 bridgehead atoms. The average Bonchev–Trinajstić information content (AvgIpc) is 2.75. The minimum Gasteiger partial charge on any atom is -0.373 e. The van der Waals surface area contributed by atoms with E-state index in [1.165, 1.54) is 4.88 Å². The van der Waals surface area contributed by atoms with E-state index < -0.39 is 0 Å². The second kappa shape index (κ2) is 5.51. The van der Waals surface area contributed by atoms with Gasteiger partial charge in [-0.05, 0) is 34.1 Å². The molecule has 2 aromatic rings. The molecule has 2 aromatic heterocycles. The number of pyridine rings is 1. The van der Waals surface area contributed by atoms with Gasteiger partial charge in [0.15, 0.2) is 0 Å². The molecule has 2 heterocycles. The molecule has 2 rings (SSSR count). The largest absolute Gasteiger partial charge is 0.373 e. The average molecular weight is 312 g/mol. The molecule has 0 aromatic carbocycles. The van der Waals surface area contributed by atoms with Crippen molar-refractivity contribution in [3.8, 4) is 0 Å². The Kier molecular flexibility index (Phi) is 4.02. The summed E-state index contributed by atoms with van der Waals surface area (Å²) in [6.07, 6.45) is 0. The summed E-state index contributed by atoms with van der Waals surface area (Å²) in [5.74, 6) is 1.86. The lowest BCUT2D eigenvalue weighted by Gasteiger charge is -2.17. The van der Waals surface area contributed by atoms with Crippen LogP contribution < -0.4 is 10.2 Å². The van der Waals surface area contributed by atoms with Gasteiger partial charge in [-0.2, -0.15) is 0 Å². The molecule has 0 spiro atoms. The number of halogens is 1. The standard InChI is InChI=1S/C12H14BrN3S/c1-14-11-4-3-5-12(15-11)16(2)7-10-6-9(13)8-17-10/h3-6,8H,7H2,1-2H3,(H,14,15). The Hall–Kier alpha value is -1.07. The van der Waals surface area contributed by atoms with Gasteiger partial charge in [-0.15, -0.1) is 11.3 Å². The molecule has 0 saturated carbocycles. The predicted molar refractivity (Wildman–Crippen MR) is 77.9 cm³/mol. The van der Waals surface area contributed by atoms with Crippen molar-refractivity contribution in [2.45, 2.75) is 6.54 Å². The highest BCUT2D eigenvalue weighted by Gasteiger charge is 2.05. The molecule has 0 saturated heterocycles. The fraction of sp³-hybridized carbons (Fsp3) is 0.250. The summed E-state index contributed by atoms with van der Waals surface area (Å²) in [6.45, 7) is 0.871. The smallest absolute Gasteiger partial charge is 0.131 e. The zero-order chi connectivity index (χ0) is 12.3. The molecule has 0 atom stereocenters. The monoisotopic (exact) mass is 311 g/mol. The number of hydrogen-bond acceptors (Lipinski definition) is 4. The van der Waals surface area contributed by atoms with E-state index in [1.54, 1.807) is 11.3 Å². The minimum atomic E-state index is 0.871. The number of nitrogens with one attached hydrogen (secondary N) is 1. The maximum atomic E-state index is 4.50. The van der Waals surface area contributed by atoms with Crippen molar-refractivity contribution in [1.82, 2.24) is 4.98 Å². The molecule has 1 N–H and O–H groups in total. The van der Waals surface area contributed by atoms with E-state index in [0.29, 0.717) is 0 Å². The van der Waals surface area contributed by atoms with E-state index >= 15 is 0 Å². The predicted octanol–water partition coefficient (Wildman–Crippen LogP) is 3.58. The van der Waals surface area contributed by atoms with Gasteiger partial charge in [0.05, 0.1) is 6.54 Å². The van der Waals surface area contributed by atoms with Crippen molar-refractivity contribution in [2.24, 2.45) is 0 Å². The van der Waals surface area contributed by atoms with Gasteiger partial charge in [-0.25, -0.2) is 4.98 Å². The highest BCUT2D eigenvalue weighted by atomic mass is 79.9. The van der Waals surface area contributed by atoms with Crippen LogP contribution in [0.2, 0.25) is 0 Å². The van der Waals surface area contributed by atoms with Crippen LogP contribution in [0.3, 0.4) is 0 Å². The van der Waals surface area contributed by atoms with E-state index in [9.17, 15) is 0 Å². The Balaban J connectivity index is 2.11. The molecule has 0 radical (unpaired) electrons. The minimum absolute atomic E-state index is 0.871. The fourth-order valence-corrected chi connectivity index (χ4v) is 3.03. The quantitative estimate of drug-likeness (QED) is 0.935. The van der Waals surface area contributed by atoms with Crippen LogP contribution in [0, 0.1) is 0 Å². The van der Waals surface area contributed by atoms with Crippen molar-refractivity contribution in [3.05, 3.63) is 39.0 Å². The van der Waals surface area contributed by atoms with Gasteiger partial charge in [-0.1, -0.05) is 6.07 Å². The third-order valence-corrected chi connectivity index (χ3v) is 4.08. The van der Waals surface area contributed by atoms with E-state index in [-0.39, 0.29) is 0 Å². The number of anilines is 2. The summed E-state index contributed by atoms with van der Waals surface area (Å²) in [7, 11) is 3.93. The van der Waals surface area contributed by atoms with Crippen molar-refractivity contribution in [3.63, 3.8) is 0 Å². The molecule has 0 aliphatic heterocycles. The number of nitrogens with zero attached hydrogens (tertiary/aromatic N) is 2. The Morgan fingerprint density at radius 3 is 2.94 bits per heavy atom. The van der Waals surface area contributed by atoms with Gasteiger partial charge in [0, 0.05) is 28.8 Å². The number of rotatable bonds is 4. The Morgan fingerprint density at radius 2 is 2.29 bits per heavy atom. The second-order valence-corrected chi connectivity index (χ2v) is 5.63. The van der Waals surface area contributed by atoms with Crippen LogP contribution in [0.5, 0.6) is 0 Å². The van der Waals surface area contributed by atoms with Crippen molar-refractivity contribution >= 4 is 38.9 Å². The normalized spacial score (nSPS) is 10.3. The summed E-state index contributed by atoms with van der Waals surface area (Å²) in [4.78, 5) is 7.96. The molecule has 0 amide bonds. The molecular weight excluding hydrogens is 298 g/mol. The van der Waals surface area contributed by atoms with Crippen LogP contribution in [0.1, 0.15) is 4.88 Å². The Bertz CT molecular complexity index is 498. The highest BCUT2D eigenvalue weighted by Crippen LogP contribution is 2.22. The van der Waals surface area contributed by atoms with Gasteiger partial charge in [0.1, 0.15) is 11.6 Å². The molecule has 17 heavy (non-hydrogen) atoms. The molecule has 0 aliphatic rings. The molecule has 0 unspecified atom stereocenters. The molecule has 5 heteroatoms. The van der Waals surface area contributed by atoms with Crippen molar-refractivity contribution < 1.29 is 0 Å². The van der Waals surface area contributed by atoms with Crippen LogP contribution in [0.25, 0.3) is 0 Å². The molecular formula is C12H14BrN3S. The molecule has 90 valence electrons. The first kappa shape index (κ1) is 12.4. The maximum absolute atomic E-state index is 4.50. The summed E-state index contributed by atoms with van der Waals surface area (Å²) < 4.78 is 1.14. The zero-order valence-electron chi connectivity index (χ0n) is 9.77. The maximum Gasteiger partial charge on any atom is 0.131 e. The third-order valence-electron chi connectivity index (χ3n) is 2.40. The van der Waals surface area contributed by atoms with Crippen LogP contribution >= 0.6 is 27.3 Å². The van der Waals surface area contributed by atoms with Gasteiger partial charge in [0.2, 0.25) is 0 Å². The SMILES string of the molecule is CNc1cccc(N(C)Cc2cc(Br)cs2)n1. The summed E-state index contributed by atoms with van der Waals surface area (Å²) in [5.41, 5.74) is 0. The second-order valence-electron chi connectivity index (χ2n) is 3.72. The first-order valence-corrected chi connectivity index (χ1v) is 6.95. The zero-order valence-corrected chi connectivity index (χ0v) is 12.2. The number of hydrogen-bond donors (Lipinski definition) is 1. The van der Waals surface area contributed by atoms with Crippen LogP contribution in [-0.2, 0) is 6.54 Å². The van der Waals surface area contributed by atoms with E-state index in [0.717, 1.165) is 22.7 Å². The summed E-state index contributed by atoms with van der Waals surface area (Å²) >= 11 is 5.22. The first-order chi connectivity index (χ1) is 8.19. The highest BCUT2D eigenvalue weighted by molar-refractivity contribution is 9.10. The topological polar surface area (TPSA) is 28.2 Å². The Labute approximate surface area is 114 Å². The van der Waals surface area contributed by atoms with Gasteiger partial charge in [0.25, 0.3) is 0 Å². The lowest BCUT2D eigenvalue weighted by atomic mass is 10.4. The van der Waals surface area contributed by atoms with E-state index in [4.69, 9.17) is 0 Å². The molecule has 0 aliphatic carbocycles. The molecule has 3 nitrogen and oxygen atoms in total. The van der Waals surface area contributed by atoms with E-state index in [2.05, 4.69) is 49.6 Å². The Morgan fingerprint density at radius 1 is 1.47 bits per heavy atom. The number of thiophene rings is 1. The van der Waals surface area contributed by atoms with Gasteiger partial charge in [-0.3, -0.25) is 0 Å². The van der Waals surface area contributed by atoms with E-state index in [1.807, 2.05) is 25.2 Å². The lowest BCUT2D eigenvalue weighted by Crippen LogP contribution is -2.17. The fourth-order valence-electron chi connectivity index (χ4n) is 1.53. The first-order valence-electron chi connectivity index (χ1n) is 5.28. The number of aromatic nitrogens is 1. The molecule has 0 fully saturated rings. The lowest BCUT2D eigenvalue weighted by molar-refractivity contribution is 0.913. The third kappa shape index (κ3) is 3.20. The van der Waals surface area contributed by atoms with Crippen molar-refractivity contribution in [2.75, 3.05) is 24.3 Å². The van der Waals surface area contributed by atoms with Gasteiger partial charge >= 0.3 is 0 Å². The summed E-state index contributed by atoms with van der Waals surface area (Å²) in [5, 5.41) is 5.15.